The lowest BCUT2D eigenvalue weighted by molar-refractivity contribution is -0.158. The van der Waals surface area contributed by atoms with Crippen molar-refractivity contribution in [3.05, 3.63) is 71.8 Å². The minimum atomic E-state index is -1.37. The number of hydrogen-bond donors (Lipinski definition) is 0. The van der Waals surface area contributed by atoms with Crippen LogP contribution in [0.4, 0.5) is 0 Å². The van der Waals surface area contributed by atoms with Crippen LogP contribution in [-0.4, -0.2) is 77.3 Å². The van der Waals surface area contributed by atoms with Gasteiger partial charge in [-0.1, -0.05) is 60.7 Å². The van der Waals surface area contributed by atoms with Crippen LogP contribution < -0.4 is 0 Å². The van der Waals surface area contributed by atoms with Crippen LogP contribution in [0.2, 0.25) is 0 Å². The van der Waals surface area contributed by atoms with Crippen LogP contribution in [0.15, 0.2) is 65.7 Å². The average molecular weight is 475 g/mol. The number of nitrogens with zero attached hydrogens (tertiary/aromatic N) is 4. The second-order valence-corrected chi connectivity index (χ2v) is 9.33. The molecule has 4 atom stereocenters. The van der Waals surface area contributed by atoms with Gasteiger partial charge in [-0.2, -0.15) is 0 Å². The van der Waals surface area contributed by atoms with Crippen LogP contribution in [0, 0.1) is 11.8 Å². The Bertz CT molecular complexity index is 1170. The van der Waals surface area contributed by atoms with Gasteiger partial charge in [0.2, 0.25) is 11.8 Å². The van der Waals surface area contributed by atoms with E-state index in [1.165, 1.54) is 12.0 Å². The number of fused-ring (bicyclic) bond motifs is 3. The molecule has 3 fully saturated rings. The summed E-state index contributed by atoms with van der Waals surface area (Å²) >= 11 is 0. The molecule has 2 aromatic rings. The van der Waals surface area contributed by atoms with Crippen LogP contribution in [0.25, 0.3) is 0 Å². The number of esters is 1. The van der Waals surface area contributed by atoms with E-state index in [4.69, 9.17) is 4.74 Å². The molecule has 35 heavy (non-hydrogen) atoms. The van der Waals surface area contributed by atoms with Crippen molar-refractivity contribution in [3.63, 3.8) is 0 Å². The minimum Gasteiger partial charge on any atom is -0.467 e. The molecular formula is C27H30N4O4. The first kappa shape index (κ1) is 23.1. The van der Waals surface area contributed by atoms with Gasteiger partial charge in [-0.3, -0.25) is 19.5 Å². The third-order valence-corrected chi connectivity index (χ3v) is 7.66. The van der Waals surface area contributed by atoms with Crippen LogP contribution in [-0.2, 0) is 32.1 Å². The second-order valence-electron chi connectivity index (χ2n) is 9.33. The summed E-state index contributed by atoms with van der Waals surface area (Å²) in [5.74, 6) is -1.94. The molecule has 0 aliphatic carbocycles. The molecule has 2 aromatic carbocycles. The van der Waals surface area contributed by atoms with Gasteiger partial charge in [-0.25, -0.2) is 4.79 Å². The van der Waals surface area contributed by atoms with E-state index >= 15 is 0 Å². The number of carbonyl (C=O) groups is 3. The fraction of sp³-hybridized carbons (Fsp3) is 0.407. The largest absolute Gasteiger partial charge is 0.467 e. The van der Waals surface area contributed by atoms with Gasteiger partial charge in [-0.05, 0) is 18.1 Å². The second kappa shape index (κ2) is 8.83. The molecule has 0 radical (unpaired) electrons. The fourth-order valence-electron chi connectivity index (χ4n) is 6.25. The zero-order valence-corrected chi connectivity index (χ0v) is 20.3. The lowest BCUT2D eigenvalue weighted by atomic mass is 9.76. The molecule has 5 rings (SSSR count). The van der Waals surface area contributed by atoms with Crippen molar-refractivity contribution in [2.45, 2.75) is 31.5 Å². The first-order valence-electron chi connectivity index (χ1n) is 12.0. The van der Waals surface area contributed by atoms with Crippen molar-refractivity contribution >= 4 is 23.7 Å². The predicted molar refractivity (Wildman–Crippen MR) is 130 cm³/mol. The molecule has 8 heteroatoms. The molecule has 3 heterocycles. The average Bonchev–Trinajstić information content (AvgIpc) is 3.48. The summed E-state index contributed by atoms with van der Waals surface area (Å²) in [5, 5.41) is 0. The molecule has 0 bridgehead atoms. The summed E-state index contributed by atoms with van der Waals surface area (Å²) in [5.41, 5.74) is 0.391. The van der Waals surface area contributed by atoms with Crippen LogP contribution in [0.5, 0.6) is 0 Å². The number of hydrogen-bond acceptors (Lipinski definition) is 5. The normalized spacial score (nSPS) is 28.6. The zero-order chi connectivity index (χ0) is 24.7. The summed E-state index contributed by atoms with van der Waals surface area (Å²) in [6.45, 7) is 3.41. The Kier molecular flexibility index (Phi) is 5.83. The molecule has 0 unspecified atom stereocenters. The summed E-state index contributed by atoms with van der Waals surface area (Å²) in [7, 11) is 3.03. The molecule has 3 aliphatic heterocycles. The van der Waals surface area contributed by atoms with E-state index in [9.17, 15) is 14.4 Å². The minimum absolute atomic E-state index is 0.188. The molecule has 3 aliphatic rings. The molecule has 182 valence electrons. The van der Waals surface area contributed by atoms with Crippen LogP contribution in [0.3, 0.4) is 0 Å². The number of likely N-dealkylation sites (tertiary alicyclic amines) is 1. The smallest absolute Gasteiger partial charge is 0.333 e. The standard InChI is InChI=1S/C27H30N4O4/c1-4-29-17-20-21-22(24(33)30(23(21)32)16-19-13-9-6-10-14-19)27(25(34)35-3,31(20)26(29)28-2)15-18-11-7-5-8-12-18/h5-14,20-22H,4,15-17H2,1-3H3/t20-,21+,22-,27-/m1/s1. The number of guanidine groups is 1. The highest BCUT2D eigenvalue weighted by molar-refractivity contribution is 6.11. The lowest BCUT2D eigenvalue weighted by Crippen LogP contribution is -2.61. The Morgan fingerprint density at radius 2 is 1.66 bits per heavy atom. The SMILES string of the molecule is CCN1C[C@@H]2[C@@H]3C(=O)N(Cc4ccccc4)C(=O)[C@@H]3[C@](Cc3ccccc3)(C(=O)OC)N2C1=NC. The molecule has 2 amide bonds. The maximum absolute atomic E-state index is 14.0. The number of carbonyl (C=O) groups excluding carboxylic acids is 3. The number of benzene rings is 2. The highest BCUT2D eigenvalue weighted by atomic mass is 16.5. The third-order valence-electron chi connectivity index (χ3n) is 7.66. The summed E-state index contributed by atoms with van der Waals surface area (Å²) in [6, 6.07) is 18.7. The Labute approximate surface area is 205 Å². The van der Waals surface area contributed by atoms with Crippen molar-refractivity contribution in [1.29, 1.82) is 0 Å². The Hall–Kier alpha value is -3.68. The fourth-order valence-corrected chi connectivity index (χ4v) is 6.25. The molecular weight excluding hydrogens is 444 g/mol. The van der Waals surface area contributed by atoms with Gasteiger partial charge in [-0.15, -0.1) is 0 Å². The van der Waals surface area contributed by atoms with Gasteiger partial charge in [0, 0.05) is 26.6 Å². The van der Waals surface area contributed by atoms with E-state index in [2.05, 4.69) is 9.89 Å². The molecule has 0 aromatic heterocycles. The van der Waals surface area contributed by atoms with Crippen molar-refractivity contribution in [2.75, 3.05) is 27.2 Å². The van der Waals surface area contributed by atoms with Crippen molar-refractivity contribution in [2.24, 2.45) is 16.8 Å². The van der Waals surface area contributed by atoms with Gasteiger partial charge < -0.3 is 14.5 Å². The summed E-state index contributed by atoms with van der Waals surface area (Å²) in [4.78, 5) is 51.5. The number of rotatable bonds is 6. The predicted octanol–water partition coefficient (Wildman–Crippen LogP) is 1.95. The summed E-state index contributed by atoms with van der Waals surface area (Å²) in [6.07, 6.45) is 0.243. The molecule has 3 saturated heterocycles. The van der Waals surface area contributed by atoms with Crippen LogP contribution >= 0.6 is 0 Å². The monoisotopic (exact) mass is 474 g/mol. The topological polar surface area (TPSA) is 82.5 Å². The van der Waals surface area contributed by atoms with Crippen LogP contribution in [0.1, 0.15) is 18.1 Å². The number of amides is 2. The molecule has 0 spiro atoms. The highest BCUT2D eigenvalue weighted by Crippen LogP contribution is 2.53. The molecule has 0 N–H and O–H groups in total. The number of methoxy groups -OCH3 is 1. The van der Waals surface area contributed by atoms with E-state index in [0.29, 0.717) is 19.0 Å². The van der Waals surface area contributed by atoms with E-state index in [1.807, 2.05) is 72.5 Å². The number of likely N-dealkylation sites (N-methyl/N-ethyl adjacent to an activating group) is 1. The Morgan fingerprint density at radius 3 is 2.23 bits per heavy atom. The maximum atomic E-state index is 14.0. The summed E-state index contributed by atoms with van der Waals surface area (Å²) < 4.78 is 5.39. The van der Waals surface area contributed by atoms with E-state index in [0.717, 1.165) is 11.1 Å². The molecule has 8 nitrogen and oxygen atoms in total. The van der Waals surface area contributed by atoms with Gasteiger partial charge in [0.15, 0.2) is 11.5 Å². The lowest BCUT2D eigenvalue weighted by Gasteiger charge is -2.40. The van der Waals surface area contributed by atoms with Gasteiger partial charge in [0.1, 0.15) is 0 Å². The highest BCUT2D eigenvalue weighted by Gasteiger charge is 2.74. The van der Waals surface area contributed by atoms with Crippen molar-refractivity contribution < 1.29 is 19.1 Å². The number of aliphatic imine (C=N–C) groups is 1. The van der Waals surface area contributed by atoms with E-state index in [1.54, 1.807) is 7.05 Å². The van der Waals surface area contributed by atoms with Crippen molar-refractivity contribution in [1.82, 2.24) is 14.7 Å². The van der Waals surface area contributed by atoms with Gasteiger partial charge >= 0.3 is 5.97 Å². The quantitative estimate of drug-likeness (QED) is 0.470. The first-order valence-corrected chi connectivity index (χ1v) is 12.0. The maximum Gasteiger partial charge on any atom is 0.333 e. The number of imide groups is 1. The third kappa shape index (κ3) is 3.34. The van der Waals surface area contributed by atoms with E-state index < -0.39 is 23.3 Å². The zero-order valence-electron chi connectivity index (χ0n) is 20.3. The Morgan fingerprint density at radius 1 is 1.03 bits per heavy atom. The number of ether oxygens (including phenoxy) is 1. The van der Waals surface area contributed by atoms with E-state index in [-0.39, 0.29) is 30.8 Å². The Balaban J connectivity index is 1.66. The van der Waals surface area contributed by atoms with Crippen molar-refractivity contribution in [3.8, 4) is 0 Å². The van der Waals surface area contributed by atoms with Gasteiger partial charge in [0.05, 0.1) is 31.5 Å². The molecule has 0 saturated carbocycles. The van der Waals surface area contributed by atoms with Gasteiger partial charge in [0.25, 0.3) is 0 Å². The first-order chi connectivity index (χ1) is 17.0.